The number of carboxylic acids is 1. The average Bonchev–Trinajstić information content (AvgIpc) is 3.57. The fraction of sp³-hybridized carbons (Fsp3) is 0.500. The second-order valence-electron chi connectivity index (χ2n) is 9.39. The van der Waals surface area contributed by atoms with E-state index in [0.29, 0.717) is 23.8 Å². The molecule has 7 heteroatoms. The van der Waals surface area contributed by atoms with E-state index in [4.69, 9.17) is 4.74 Å². The Kier molecular flexibility index (Phi) is 6.98. The summed E-state index contributed by atoms with van der Waals surface area (Å²) in [6, 6.07) is 12.0. The van der Waals surface area contributed by atoms with Crippen LogP contribution in [0.2, 0.25) is 0 Å². The molecule has 4 rings (SSSR count). The molecule has 1 saturated carbocycles. The lowest BCUT2D eigenvalue weighted by molar-refractivity contribution is -0.139. The van der Waals surface area contributed by atoms with Gasteiger partial charge in [0.05, 0.1) is 12.0 Å². The summed E-state index contributed by atoms with van der Waals surface area (Å²) in [5, 5.41) is 9.28. The number of benzene rings is 2. The standard InChI is InChI=1S/C26H30F3NO3/c1-17-7-10-24(26(27,28)29)20(12-17)15-30-11-3-6-22(16-30)33-21-5-2-4-19(13-21)23(14-25(31)32)18-8-9-18/h2,4-5,7,10,12-13,18,22-23H,3,6,8-9,11,14-16H2,1H3,(H,31,32)/t22?,23-/m0/s1. The number of ether oxygens (including phenoxy) is 1. The summed E-state index contributed by atoms with van der Waals surface area (Å²) in [7, 11) is 0. The van der Waals surface area contributed by atoms with Crippen LogP contribution in [0.5, 0.6) is 5.75 Å². The lowest BCUT2D eigenvalue weighted by Gasteiger charge is -2.33. The van der Waals surface area contributed by atoms with Crippen molar-refractivity contribution in [2.45, 2.75) is 63.8 Å². The molecule has 0 radical (unpaired) electrons. The van der Waals surface area contributed by atoms with Crippen molar-refractivity contribution >= 4 is 5.97 Å². The van der Waals surface area contributed by atoms with E-state index in [1.54, 1.807) is 13.0 Å². The van der Waals surface area contributed by atoms with Crippen molar-refractivity contribution in [3.63, 3.8) is 0 Å². The summed E-state index contributed by atoms with van der Waals surface area (Å²) in [6.07, 6.45) is -0.582. The lowest BCUT2D eigenvalue weighted by atomic mass is 9.91. The number of piperidine rings is 1. The van der Waals surface area contributed by atoms with Crippen molar-refractivity contribution in [2.75, 3.05) is 13.1 Å². The molecule has 0 bridgehead atoms. The highest BCUT2D eigenvalue weighted by Gasteiger charge is 2.35. The number of hydrogen-bond acceptors (Lipinski definition) is 3. The van der Waals surface area contributed by atoms with Gasteiger partial charge >= 0.3 is 12.1 Å². The lowest BCUT2D eigenvalue weighted by Crippen LogP contribution is -2.41. The van der Waals surface area contributed by atoms with E-state index < -0.39 is 17.7 Å². The van der Waals surface area contributed by atoms with Gasteiger partial charge in [-0.05, 0) is 80.3 Å². The van der Waals surface area contributed by atoms with Gasteiger partial charge in [0, 0.05) is 13.1 Å². The van der Waals surface area contributed by atoms with Crippen LogP contribution in [0, 0.1) is 12.8 Å². The van der Waals surface area contributed by atoms with Crippen LogP contribution < -0.4 is 4.74 Å². The maximum atomic E-state index is 13.5. The molecule has 1 aliphatic carbocycles. The molecule has 33 heavy (non-hydrogen) atoms. The normalized spacial score (nSPS) is 20.4. The Labute approximate surface area is 192 Å². The van der Waals surface area contributed by atoms with Crippen molar-refractivity contribution in [1.29, 1.82) is 0 Å². The van der Waals surface area contributed by atoms with E-state index in [-0.39, 0.29) is 25.0 Å². The first kappa shape index (κ1) is 23.6. The van der Waals surface area contributed by atoms with Gasteiger partial charge in [0.1, 0.15) is 11.9 Å². The van der Waals surface area contributed by atoms with E-state index >= 15 is 0 Å². The minimum Gasteiger partial charge on any atom is -0.489 e. The smallest absolute Gasteiger partial charge is 0.416 e. The molecule has 2 fully saturated rings. The zero-order valence-electron chi connectivity index (χ0n) is 18.8. The summed E-state index contributed by atoms with van der Waals surface area (Å²) >= 11 is 0. The van der Waals surface area contributed by atoms with Gasteiger partial charge in [-0.15, -0.1) is 0 Å². The third kappa shape index (κ3) is 6.28. The molecule has 1 aliphatic heterocycles. The zero-order valence-corrected chi connectivity index (χ0v) is 18.8. The average molecular weight is 462 g/mol. The van der Waals surface area contributed by atoms with Crippen LogP contribution in [0.25, 0.3) is 0 Å². The molecular formula is C26H30F3NO3. The van der Waals surface area contributed by atoms with Gasteiger partial charge in [-0.2, -0.15) is 13.2 Å². The third-order valence-corrected chi connectivity index (χ3v) is 6.60. The molecule has 1 N–H and O–H groups in total. The van der Waals surface area contributed by atoms with Crippen LogP contribution in [-0.2, 0) is 17.5 Å². The fourth-order valence-corrected chi connectivity index (χ4v) is 4.88. The van der Waals surface area contributed by atoms with Crippen molar-refractivity contribution in [1.82, 2.24) is 4.90 Å². The predicted octanol–water partition coefficient (Wildman–Crippen LogP) is 6.03. The van der Waals surface area contributed by atoms with Gasteiger partial charge in [0.2, 0.25) is 0 Å². The number of nitrogens with zero attached hydrogens (tertiary/aromatic N) is 1. The molecular weight excluding hydrogens is 431 g/mol. The minimum absolute atomic E-state index is 0.00369. The molecule has 0 amide bonds. The minimum atomic E-state index is -4.37. The number of rotatable bonds is 8. The molecule has 4 nitrogen and oxygen atoms in total. The van der Waals surface area contributed by atoms with Crippen LogP contribution in [-0.4, -0.2) is 35.2 Å². The quantitative estimate of drug-likeness (QED) is 0.522. The highest BCUT2D eigenvalue weighted by Crippen LogP contribution is 2.45. The zero-order chi connectivity index (χ0) is 23.6. The molecule has 2 atom stereocenters. The topological polar surface area (TPSA) is 49.8 Å². The number of hydrogen-bond donors (Lipinski definition) is 1. The van der Waals surface area contributed by atoms with E-state index in [1.807, 2.05) is 29.2 Å². The van der Waals surface area contributed by atoms with Crippen LogP contribution in [0.3, 0.4) is 0 Å². The van der Waals surface area contributed by atoms with Crippen molar-refractivity contribution < 1.29 is 27.8 Å². The van der Waals surface area contributed by atoms with Crippen LogP contribution in [0.15, 0.2) is 42.5 Å². The van der Waals surface area contributed by atoms with Gasteiger partial charge in [-0.3, -0.25) is 9.69 Å². The Morgan fingerprint density at radius 2 is 1.97 bits per heavy atom. The second-order valence-corrected chi connectivity index (χ2v) is 9.39. The van der Waals surface area contributed by atoms with Gasteiger partial charge in [-0.1, -0.05) is 29.8 Å². The first-order valence-corrected chi connectivity index (χ1v) is 11.6. The molecule has 2 aromatic rings. The van der Waals surface area contributed by atoms with Gasteiger partial charge < -0.3 is 9.84 Å². The van der Waals surface area contributed by atoms with Crippen molar-refractivity contribution in [3.8, 4) is 5.75 Å². The van der Waals surface area contributed by atoms with E-state index in [2.05, 4.69) is 0 Å². The number of carbonyl (C=O) groups is 1. The van der Waals surface area contributed by atoms with Crippen molar-refractivity contribution in [3.05, 3.63) is 64.7 Å². The number of halogens is 3. The number of carboxylic acid groups (broad SMARTS) is 1. The van der Waals surface area contributed by atoms with Crippen LogP contribution >= 0.6 is 0 Å². The fourth-order valence-electron chi connectivity index (χ4n) is 4.88. The first-order valence-electron chi connectivity index (χ1n) is 11.6. The molecule has 0 spiro atoms. The largest absolute Gasteiger partial charge is 0.489 e. The maximum absolute atomic E-state index is 13.5. The molecule has 1 heterocycles. The molecule has 2 aliphatic rings. The number of likely N-dealkylation sites (tertiary alicyclic amines) is 1. The highest BCUT2D eigenvalue weighted by molar-refractivity contribution is 5.68. The Morgan fingerprint density at radius 1 is 1.18 bits per heavy atom. The Morgan fingerprint density at radius 3 is 2.67 bits per heavy atom. The number of alkyl halides is 3. The summed E-state index contributed by atoms with van der Waals surface area (Å²) < 4.78 is 46.6. The summed E-state index contributed by atoms with van der Waals surface area (Å²) in [4.78, 5) is 13.3. The molecule has 2 aromatic carbocycles. The van der Waals surface area contributed by atoms with Crippen LogP contribution in [0.1, 0.15) is 60.3 Å². The van der Waals surface area contributed by atoms with Gasteiger partial charge in [0.25, 0.3) is 0 Å². The highest BCUT2D eigenvalue weighted by atomic mass is 19.4. The second kappa shape index (κ2) is 9.75. The Bertz CT molecular complexity index is 987. The summed E-state index contributed by atoms with van der Waals surface area (Å²) in [5.41, 5.74) is 1.52. The van der Waals surface area contributed by atoms with E-state index in [0.717, 1.165) is 43.4 Å². The first-order chi connectivity index (χ1) is 15.7. The molecule has 1 saturated heterocycles. The number of aliphatic carboxylic acids is 1. The Hall–Kier alpha value is -2.54. The maximum Gasteiger partial charge on any atom is 0.416 e. The summed E-state index contributed by atoms with van der Waals surface area (Å²) in [5.74, 6) is 0.312. The number of aryl methyl sites for hydroxylation is 1. The SMILES string of the molecule is Cc1ccc(C(F)(F)F)c(CN2CCCC(Oc3cccc([C@@H](CC(=O)O)C4CC4)c3)C2)c1. The summed E-state index contributed by atoms with van der Waals surface area (Å²) in [6.45, 7) is 3.32. The molecule has 178 valence electrons. The van der Waals surface area contributed by atoms with Crippen LogP contribution in [0.4, 0.5) is 13.2 Å². The van der Waals surface area contributed by atoms with E-state index in [9.17, 15) is 23.1 Å². The van der Waals surface area contributed by atoms with Gasteiger partial charge in [0.15, 0.2) is 0 Å². The van der Waals surface area contributed by atoms with Gasteiger partial charge in [-0.25, -0.2) is 0 Å². The molecule has 0 aromatic heterocycles. The Balaban J connectivity index is 1.43. The molecule has 1 unspecified atom stereocenters. The third-order valence-electron chi connectivity index (χ3n) is 6.60. The van der Waals surface area contributed by atoms with E-state index in [1.165, 1.54) is 12.1 Å². The van der Waals surface area contributed by atoms with Crippen molar-refractivity contribution in [2.24, 2.45) is 5.92 Å². The predicted molar refractivity (Wildman–Crippen MR) is 119 cm³/mol. The monoisotopic (exact) mass is 461 g/mol.